The van der Waals surface area contributed by atoms with Crippen molar-refractivity contribution in [3.63, 3.8) is 0 Å². The summed E-state index contributed by atoms with van der Waals surface area (Å²) in [6, 6.07) is 14.0. The van der Waals surface area contributed by atoms with Gasteiger partial charge in [-0.3, -0.25) is 14.4 Å². The molecule has 0 heterocycles. The van der Waals surface area contributed by atoms with Gasteiger partial charge in [-0.2, -0.15) is 0 Å². The maximum Gasteiger partial charge on any atom is 0.260 e. The smallest absolute Gasteiger partial charge is 0.260 e. The lowest BCUT2D eigenvalue weighted by atomic mass is 9.76. The number of carbonyl (C=O) groups excluding carboxylic acids is 3. The lowest BCUT2D eigenvalue weighted by molar-refractivity contribution is -0.140. The van der Waals surface area contributed by atoms with Gasteiger partial charge in [0, 0.05) is 23.1 Å². The van der Waals surface area contributed by atoms with Crippen LogP contribution in [-0.4, -0.2) is 63.3 Å². The van der Waals surface area contributed by atoms with Crippen LogP contribution in [0.15, 0.2) is 66.2 Å². The molecule has 3 amide bonds. The van der Waals surface area contributed by atoms with Crippen LogP contribution in [0.4, 0.5) is 0 Å². The number of sulfonamides is 1. The van der Waals surface area contributed by atoms with Crippen molar-refractivity contribution in [2.45, 2.75) is 84.7 Å². The molecule has 9 nitrogen and oxygen atoms in total. The molecule has 0 saturated carbocycles. The molecule has 0 aliphatic carbocycles. The van der Waals surface area contributed by atoms with E-state index in [9.17, 15) is 22.8 Å². The van der Waals surface area contributed by atoms with Crippen LogP contribution in [0.1, 0.15) is 66.5 Å². The first kappa shape index (κ1) is 38.0. The molecule has 11 heteroatoms. The minimum atomic E-state index is -4.01. The van der Waals surface area contributed by atoms with Crippen LogP contribution in [0.3, 0.4) is 0 Å². The first-order valence-electron chi connectivity index (χ1n) is 15.0. The van der Waals surface area contributed by atoms with Crippen molar-refractivity contribution >= 4 is 39.3 Å². The molecule has 0 fully saturated rings. The number of nitrogens with one attached hydrogen (secondary N) is 3. The van der Waals surface area contributed by atoms with Crippen molar-refractivity contribution in [2.24, 2.45) is 11.3 Å². The molecule has 2 aromatic rings. The Hall–Kier alpha value is -3.21. The number of amides is 3. The average Bonchev–Trinajstić information content (AvgIpc) is 2.93. The standard InChI is InChI=1S/C34H49ClN4O5S/c1-22(2)27(19-23(3)30(40)38-45(43,44)21-24-15-14-18-26(35)20-24)39(10)32(42)29(33(4,5)6)37-31(41)28(36-9)34(7,8)25-16-12-11-13-17-25/h11-20,22,27-29,36H,21H2,1-10H3,(H,37,41)(H,38,40)/b23-19+/t27-,28-,29-/m1/s1. The summed E-state index contributed by atoms with van der Waals surface area (Å²) in [6.45, 7) is 14.9. The van der Waals surface area contributed by atoms with Crippen LogP contribution in [-0.2, 0) is 35.6 Å². The van der Waals surface area contributed by atoms with Gasteiger partial charge in [-0.05, 0) is 48.6 Å². The second-order valence-corrected chi connectivity index (χ2v) is 15.6. The van der Waals surface area contributed by atoms with Crippen molar-refractivity contribution in [1.82, 2.24) is 20.3 Å². The van der Waals surface area contributed by atoms with Crippen LogP contribution < -0.4 is 15.4 Å². The van der Waals surface area contributed by atoms with Crippen LogP contribution in [0.2, 0.25) is 5.02 Å². The van der Waals surface area contributed by atoms with E-state index in [4.69, 9.17) is 11.6 Å². The highest BCUT2D eigenvalue weighted by atomic mass is 35.5. The Balaban J connectivity index is 2.29. The van der Waals surface area contributed by atoms with Gasteiger partial charge in [0.05, 0.1) is 17.8 Å². The van der Waals surface area contributed by atoms with Crippen molar-refractivity contribution in [3.8, 4) is 0 Å². The number of rotatable bonds is 13. The van der Waals surface area contributed by atoms with E-state index in [-0.39, 0.29) is 23.3 Å². The number of halogens is 1. The third-order valence-corrected chi connectivity index (χ3v) is 9.39. The molecule has 45 heavy (non-hydrogen) atoms. The fourth-order valence-corrected chi connectivity index (χ4v) is 6.61. The van der Waals surface area contributed by atoms with E-state index >= 15 is 0 Å². The average molecular weight is 661 g/mol. The molecule has 2 aromatic carbocycles. The van der Waals surface area contributed by atoms with Gasteiger partial charge in [0.15, 0.2) is 0 Å². The second-order valence-electron chi connectivity index (χ2n) is 13.5. The van der Waals surface area contributed by atoms with Crippen molar-refractivity contribution in [3.05, 3.63) is 82.4 Å². The molecule has 0 unspecified atom stereocenters. The minimum absolute atomic E-state index is 0.136. The van der Waals surface area contributed by atoms with E-state index in [0.717, 1.165) is 5.56 Å². The predicted molar refractivity (Wildman–Crippen MR) is 181 cm³/mol. The third kappa shape index (κ3) is 10.4. The van der Waals surface area contributed by atoms with Gasteiger partial charge in [0.2, 0.25) is 21.8 Å². The number of carbonyl (C=O) groups is 3. The van der Waals surface area contributed by atoms with Gasteiger partial charge >= 0.3 is 0 Å². The largest absolute Gasteiger partial charge is 0.342 e. The maximum atomic E-state index is 14.1. The molecule has 0 aliphatic rings. The SMILES string of the molecule is CN[C@H](C(=O)N[C@H](C(=O)N(C)[C@H](/C=C(\C)C(=O)NS(=O)(=O)Cc1cccc(Cl)c1)C(C)C)C(C)(C)C)C(C)(C)c1ccccc1. The van der Waals surface area contributed by atoms with E-state index in [2.05, 4.69) is 15.4 Å². The van der Waals surface area contributed by atoms with E-state index in [0.29, 0.717) is 10.6 Å². The molecule has 3 N–H and O–H groups in total. The Labute approximate surface area is 274 Å². The highest BCUT2D eigenvalue weighted by molar-refractivity contribution is 7.89. The fraction of sp³-hybridized carbons (Fsp3) is 0.500. The summed E-state index contributed by atoms with van der Waals surface area (Å²) < 4.78 is 27.5. The second kappa shape index (κ2) is 15.4. The Morgan fingerprint density at radius 3 is 2.07 bits per heavy atom. The topological polar surface area (TPSA) is 125 Å². The van der Waals surface area contributed by atoms with Crippen LogP contribution in [0.5, 0.6) is 0 Å². The zero-order valence-corrected chi connectivity index (χ0v) is 29.6. The van der Waals surface area contributed by atoms with Gasteiger partial charge < -0.3 is 15.5 Å². The molecular formula is C34H49ClN4O5S. The zero-order chi connectivity index (χ0) is 34.3. The lowest BCUT2D eigenvalue weighted by Gasteiger charge is -2.40. The number of hydrogen-bond donors (Lipinski definition) is 3. The third-order valence-electron chi connectivity index (χ3n) is 7.94. The summed E-state index contributed by atoms with van der Waals surface area (Å²) >= 11 is 5.97. The highest BCUT2D eigenvalue weighted by Gasteiger charge is 2.41. The molecule has 0 aliphatic heterocycles. The molecule has 0 radical (unpaired) electrons. The van der Waals surface area contributed by atoms with Crippen LogP contribution in [0, 0.1) is 11.3 Å². The molecule has 2 rings (SSSR count). The normalized spacial score (nSPS) is 14.8. The summed E-state index contributed by atoms with van der Waals surface area (Å²) in [5.41, 5.74) is 0.320. The Kier molecular flexibility index (Phi) is 13.0. The molecular weight excluding hydrogens is 612 g/mol. The number of nitrogens with zero attached hydrogens (tertiary/aromatic N) is 1. The van der Waals surface area contributed by atoms with E-state index < -0.39 is 50.6 Å². The molecule has 0 saturated heterocycles. The summed E-state index contributed by atoms with van der Waals surface area (Å²) in [5.74, 6) is -1.99. The minimum Gasteiger partial charge on any atom is -0.342 e. The van der Waals surface area contributed by atoms with Crippen molar-refractivity contribution in [1.29, 1.82) is 0 Å². The molecule has 3 atom stereocenters. The maximum absolute atomic E-state index is 14.1. The van der Waals surface area contributed by atoms with Gasteiger partial charge in [-0.25, -0.2) is 13.1 Å². The molecule has 0 spiro atoms. The predicted octanol–water partition coefficient (Wildman–Crippen LogP) is 4.81. The van der Waals surface area contributed by atoms with Gasteiger partial charge in [-0.1, -0.05) is 109 Å². The number of hydrogen-bond acceptors (Lipinski definition) is 6. The van der Waals surface area contributed by atoms with Gasteiger partial charge in [0.1, 0.15) is 6.04 Å². The number of benzene rings is 2. The summed E-state index contributed by atoms with van der Waals surface area (Å²) in [4.78, 5) is 42.3. The first-order valence-corrected chi connectivity index (χ1v) is 17.0. The first-order chi connectivity index (χ1) is 20.7. The fourth-order valence-electron chi connectivity index (χ4n) is 5.27. The monoisotopic (exact) mass is 660 g/mol. The van der Waals surface area contributed by atoms with E-state index in [1.54, 1.807) is 38.4 Å². The van der Waals surface area contributed by atoms with Crippen molar-refractivity contribution in [2.75, 3.05) is 14.1 Å². The molecule has 248 valence electrons. The number of likely N-dealkylation sites (N-methyl/N-ethyl adjacent to an activating group) is 2. The summed E-state index contributed by atoms with van der Waals surface area (Å²) in [5, 5.41) is 6.54. The van der Waals surface area contributed by atoms with Crippen LogP contribution in [0.25, 0.3) is 0 Å². The summed E-state index contributed by atoms with van der Waals surface area (Å²) in [7, 11) is -0.667. The highest BCUT2D eigenvalue weighted by Crippen LogP contribution is 2.29. The zero-order valence-electron chi connectivity index (χ0n) is 28.1. The molecule has 0 bridgehead atoms. The van der Waals surface area contributed by atoms with E-state index in [1.165, 1.54) is 17.9 Å². The lowest BCUT2D eigenvalue weighted by Crippen LogP contribution is -2.61. The Bertz CT molecular complexity index is 1480. The van der Waals surface area contributed by atoms with Gasteiger partial charge in [0.25, 0.3) is 5.91 Å². The summed E-state index contributed by atoms with van der Waals surface area (Å²) in [6.07, 6.45) is 1.59. The Morgan fingerprint density at radius 2 is 1.56 bits per heavy atom. The van der Waals surface area contributed by atoms with Crippen LogP contribution >= 0.6 is 11.6 Å². The van der Waals surface area contributed by atoms with Crippen molar-refractivity contribution < 1.29 is 22.8 Å². The van der Waals surface area contributed by atoms with Gasteiger partial charge in [-0.15, -0.1) is 0 Å². The molecule has 0 aromatic heterocycles. The van der Waals surface area contributed by atoms with E-state index in [1.807, 2.05) is 78.8 Å². The Morgan fingerprint density at radius 1 is 0.956 bits per heavy atom. The quantitative estimate of drug-likeness (QED) is 0.265.